The molecule has 30 heavy (non-hydrogen) atoms. The molecule has 3 rings (SSSR count). The lowest BCUT2D eigenvalue weighted by Crippen LogP contribution is -2.27. The van der Waals surface area contributed by atoms with Crippen LogP contribution in [-0.2, 0) is 12.7 Å². The van der Waals surface area contributed by atoms with E-state index in [2.05, 4.69) is 10.1 Å². The van der Waals surface area contributed by atoms with Crippen LogP contribution in [0.1, 0.15) is 52.5 Å². The molecule has 2 heterocycles. The van der Waals surface area contributed by atoms with Gasteiger partial charge in [-0.25, -0.2) is 9.67 Å². The minimum absolute atomic E-state index is 0.0942. The lowest BCUT2D eigenvalue weighted by atomic mass is 10.0. The number of carbonyl (C=O) groups is 1. The van der Waals surface area contributed by atoms with Gasteiger partial charge < -0.3 is 4.90 Å². The number of halogens is 3. The highest BCUT2D eigenvalue weighted by Crippen LogP contribution is 2.29. The highest BCUT2D eigenvalue weighted by molar-refractivity contribution is 5.95. The summed E-state index contributed by atoms with van der Waals surface area (Å²) in [4.78, 5) is 18.6. The van der Waals surface area contributed by atoms with E-state index in [1.54, 1.807) is 11.9 Å². The molecule has 158 valence electrons. The van der Waals surface area contributed by atoms with Crippen molar-refractivity contribution < 1.29 is 18.0 Å². The van der Waals surface area contributed by atoms with Crippen molar-refractivity contribution >= 4 is 5.91 Å². The van der Waals surface area contributed by atoms with Crippen LogP contribution in [0.5, 0.6) is 0 Å². The second kappa shape index (κ2) is 8.30. The molecular weight excluding hydrogens is 393 g/mol. The van der Waals surface area contributed by atoms with E-state index in [1.165, 1.54) is 16.9 Å². The van der Waals surface area contributed by atoms with Gasteiger partial charge in [-0.2, -0.15) is 18.3 Å². The van der Waals surface area contributed by atoms with E-state index in [-0.39, 0.29) is 17.6 Å². The highest BCUT2D eigenvalue weighted by Gasteiger charge is 2.31. The number of pyridine rings is 1. The van der Waals surface area contributed by atoms with E-state index in [0.29, 0.717) is 17.8 Å². The van der Waals surface area contributed by atoms with Gasteiger partial charge in [0.2, 0.25) is 0 Å². The maximum Gasteiger partial charge on any atom is 0.417 e. The van der Waals surface area contributed by atoms with Crippen molar-refractivity contribution in [2.24, 2.45) is 0 Å². The summed E-state index contributed by atoms with van der Waals surface area (Å²) in [6.45, 7) is 6.22. The van der Waals surface area contributed by atoms with E-state index in [0.717, 1.165) is 23.4 Å². The standard InChI is InChI=1S/C22H23F3N4O/c1-14(2)20-18(21(30)28(4)13-16-7-5-15(3)6-8-16)12-27-29(20)19-10-9-17(11-26-19)22(23,24)25/h5-12,14H,13H2,1-4H3. The van der Waals surface area contributed by atoms with Crippen LogP contribution in [0.3, 0.4) is 0 Å². The average molecular weight is 416 g/mol. The third-order valence-electron chi connectivity index (χ3n) is 4.76. The largest absolute Gasteiger partial charge is 0.417 e. The second-order valence-electron chi connectivity index (χ2n) is 7.56. The minimum Gasteiger partial charge on any atom is -0.337 e. The maximum atomic E-state index is 13.1. The van der Waals surface area contributed by atoms with Crippen LogP contribution in [0.2, 0.25) is 0 Å². The summed E-state index contributed by atoms with van der Waals surface area (Å²) in [5.74, 6) is -0.0762. The molecule has 0 saturated carbocycles. The molecule has 0 bridgehead atoms. The van der Waals surface area contributed by atoms with Crippen molar-refractivity contribution in [3.8, 4) is 5.82 Å². The Morgan fingerprint density at radius 1 is 1.10 bits per heavy atom. The van der Waals surface area contributed by atoms with Crippen LogP contribution >= 0.6 is 0 Å². The van der Waals surface area contributed by atoms with Gasteiger partial charge in [0.05, 0.1) is 23.0 Å². The molecule has 0 spiro atoms. The first-order valence-electron chi connectivity index (χ1n) is 9.50. The summed E-state index contributed by atoms with van der Waals surface area (Å²) in [6.07, 6.45) is -2.24. The van der Waals surface area contributed by atoms with Crippen molar-refractivity contribution in [2.75, 3.05) is 7.05 Å². The molecule has 0 aliphatic carbocycles. The van der Waals surface area contributed by atoms with Crippen LogP contribution in [0.25, 0.3) is 5.82 Å². The Kier molecular flexibility index (Phi) is 5.96. The Morgan fingerprint density at radius 2 is 1.77 bits per heavy atom. The molecule has 0 N–H and O–H groups in total. The van der Waals surface area contributed by atoms with E-state index in [9.17, 15) is 18.0 Å². The van der Waals surface area contributed by atoms with Gasteiger partial charge in [-0.05, 0) is 30.5 Å². The normalized spacial score (nSPS) is 11.7. The Morgan fingerprint density at radius 3 is 2.30 bits per heavy atom. The monoisotopic (exact) mass is 416 g/mol. The van der Waals surface area contributed by atoms with Gasteiger partial charge in [0.25, 0.3) is 5.91 Å². The van der Waals surface area contributed by atoms with Crippen LogP contribution in [0.4, 0.5) is 13.2 Å². The molecule has 8 heteroatoms. The Balaban J connectivity index is 1.90. The van der Waals surface area contributed by atoms with E-state index >= 15 is 0 Å². The van der Waals surface area contributed by atoms with Gasteiger partial charge >= 0.3 is 6.18 Å². The Labute approximate surface area is 173 Å². The van der Waals surface area contributed by atoms with Gasteiger partial charge in [0.15, 0.2) is 5.82 Å². The van der Waals surface area contributed by atoms with E-state index in [1.807, 2.05) is 45.0 Å². The topological polar surface area (TPSA) is 51.0 Å². The van der Waals surface area contributed by atoms with Crippen molar-refractivity contribution in [3.63, 3.8) is 0 Å². The number of rotatable bonds is 5. The summed E-state index contributed by atoms with van der Waals surface area (Å²) in [5.41, 5.74) is 2.31. The first kappa shape index (κ1) is 21.5. The SMILES string of the molecule is Cc1ccc(CN(C)C(=O)c2cnn(-c3ccc(C(F)(F)F)cn3)c2C(C)C)cc1. The van der Waals surface area contributed by atoms with E-state index < -0.39 is 11.7 Å². The van der Waals surface area contributed by atoms with Crippen LogP contribution in [0.15, 0.2) is 48.8 Å². The minimum atomic E-state index is -4.46. The fraction of sp³-hybridized carbons (Fsp3) is 0.318. The zero-order valence-electron chi connectivity index (χ0n) is 17.2. The summed E-state index contributed by atoms with van der Waals surface area (Å²) in [6, 6.07) is 10.1. The van der Waals surface area contributed by atoms with Gasteiger partial charge in [0, 0.05) is 19.8 Å². The zero-order chi connectivity index (χ0) is 22.1. The fourth-order valence-electron chi connectivity index (χ4n) is 3.18. The predicted molar refractivity (Wildman–Crippen MR) is 107 cm³/mol. The first-order chi connectivity index (χ1) is 14.1. The molecule has 3 aromatic rings. The molecule has 0 saturated heterocycles. The molecule has 5 nitrogen and oxygen atoms in total. The number of carbonyl (C=O) groups excluding carboxylic acids is 1. The van der Waals surface area contributed by atoms with Gasteiger partial charge in [-0.1, -0.05) is 43.7 Å². The molecule has 2 aromatic heterocycles. The Hall–Kier alpha value is -3.16. The average Bonchev–Trinajstić information content (AvgIpc) is 3.14. The third-order valence-corrected chi connectivity index (χ3v) is 4.76. The lowest BCUT2D eigenvalue weighted by molar-refractivity contribution is -0.137. The smallest absolute Gasteiger partial charge is 0.337 e. The number of nitrogens with zero attached hydrogens (tertiary/aromatic N) is 4. The molecular formula is C22H23F3N4O. The molecule has 0 aliphatic rings. The molecule has 0 unspecified atom stereocenters. The number of hydrogen-bond donors (Lipinski definition) is 0. The quantitative estimate of drug-likeness (QED) is 0.589. The third kappa shape index (κ3) is 4.53. The second-order valence-corrected chi connectivity index (χ2v) is 7.56. The molecule has 1 aromatic carbocycles. The first-order valence-corrected chi connectivity index (χ1v) is 9.50. The Bertz CT molecular complexity index is 1020. The number of hydrogen-bond acceptors (Lipinski definition) is 3. The predicted octanol–water partition coefficient (Wildman–Crippen LogP) is 4.99. The maximum absolute atomic E-state index is 13.1. The molecule has 0 fully saturated rings. The van der Waals surface area contributed by atoms with Crippen molar-refractivity contribution in [2.45, 2.75) is 39.4 Å². The van der Waals surface area contributed by atoms with Gasteiger partial charge in [-0.3, -0.25) is 4.79 Å². The fourth-order valence-corrected chi connectivity index (χ4v) is 3.18. The summed E-state index contributed by atoms with van der Waals surface area (Å²) in [5, 5.41) is 4.25. The van der Waals surface area contributed by atoms with Crippen molar-refractivity contribution in [1.29, 1.82) is 0 Å². The summed E-state index contributed by atoms with van der Waals surface area (Å²) >= 11 is 0. The van der Waals surface area contributed by atoms with Crippen LogP contribution in [-0.4, -0.2) is 32.6 Å². The van der Waals surface area contributed by atoms with Crippen molar-refractivity contribution in [3.05, 3.63) is 76.7 Å². The molecule has 0 aliphatic heterocycles. The summed E-state index contributed by atoms with van der Waals surface area (Å²) < 4.78 is 39.9. The van der Waals surface area contributed by atoms with Gasteiger partial charge in [0.1, 0.15) is 0 Å². The number of aryl methyl sites for hydroxylation is 1. The number of amides is 1. The number of aromatic nitrogens is 3. The summed E-state index contributed by atoms with van der Waals surface area (Å²) in [7, 11) is 1.71. The van der Waals surface area contributed by atoms with Crippen molar-refractivity contribution in [1.82, 2.24) is 19.7 Å². The molecule has 0 radical (unpaired) electrons. The highest BCUT2D eigenvalue weighted by atomic mass is 19.4. The number of benzene rings is 1. The van der Waals surface area contributed by atoms with E-state index in [4.69, 9.17) is 0 Å². The lowest BCUT2D eigenvalue weighted by Gasteiger charge is -2.19. The van der Waals surface area contributed by atoms with Gasteiger partial charge in [-0.15, -0.1) is 0 Å². The zero-order valence-corrected chi connectivity index (χ0v) is 17.2. The van der Waals surface area contributed by atoms with Crippen LogP contribution < -0.4 is 0 Å². The molecule has 1 amide bonds. The molecule has 0 atom stereocenters. The number of alkyl halides is 3. The van der Waals surface area contributed by atoms with Crippen LogP contribution in [0, 0.1) is 6.92 Å².